The van der Waals surface area contributed by atoms with Gasteiger partial charge in [-0.2, -0.15) is 4.31 Å². The van der Waals surface area contributed by atoms with E-state index in [4.69, 9.17) is 0 Å². The van der Waals surface area contributed by atoms with Crippen LogP contribution in [-0.4, -0.2) is 57.1 Å². The lowest BCUT2D eigenvalue weighted by Crippen LogP contribution is -2.46. The third-order valence-corrected chi connectivity index (χ3v) is 3.23. The first-order valence-electron chi connectivity index (χ1n) is 3.64. The van der Waals surface area contributed by atoms with Crippen molar-refractivity contribution in [3.63, 3.8) is 0 Å². The molecule has 0 aromatic rings. The van der Waals surface area contributed by atoms with Gasteiger partial charge in [0.25, 0.3) is 0 Å². The van der Waals surface area contributed by atoms with Crippen LogP contribution in [0.5, 0.6) is 0 Å². The van der Waals surface area contributed by atoms with E-state index < -0.39 is 10.0 Å². The summed E-state index contributed by atoms with van der Waals surface area (Å²) in [6.07, 6.45) is 1.26. The maximum Gasteiger partial charge on any atom is 0.211 e. The predicted molar refractivity (Wildman–Crippen MR) is 50.6 cm³/mol. The maximum absolute atomic E-state index is 11.0. The first-order valence-corrected chi connectivity index (χ1v) is 5.48. The Morgan fingerprint density at radius 3 is 1.83 bits per heavy atom. The van der Waals surface area contributed by atoms with Gasteiger partial charge in [-0.25, -0.2) is 8.42 Å². The molecule has 0 aliphatic carbocycles. The molecule has 1 rings (SSSR count). The van der Waals surface area contributed by atoms with Gasteiger partial charge in [0.2, 0.25) is 10.0 Å². The highest BCUT2D eigenvalue weighted by molar-refractivity contribution is 7.88. The van der Waals surface area contributed by atoms with Crippen LogP contribution >= 0.6 is 0 Å². The number of rotatable bonds is 1. The monoisotopic (exact) mass is 194 g/mol. The minimum atomic E-state index is -2.94. The van der Waals surface area contributed by atoms with Gasteiger partial charge in [0.05, 0.1) is 6.26 Å². The Kier molecular flexibility index (Phi) is 4.16. The van der Waals surface area contributed by atoms with Gasteiger partial charge in [0.15, 0.2) is 0 Å². The molecule has 5 heteroatoms. The zero-order valence-electron chi connectivity index (χ0n) is 6.95. The molecule has 0 saturated carbocycles. The predicted octanol–water partition coefficient (Wildman–Crippen LogP) is -0.170. The third kappa shape index (κ3) is 3.08. The third-order valence-electron chi connectivity index (χ3n) is 1.93. The van der Waals surface area contributed by atoms with Crippen LogP contribution in [0, 0.1) is 0 Å². The Morgan fingerprint density at radius 2 is 1.50 bits per heavy atom. The lowest BCUT2D eigenvalue weighted by molar-refractivity contribution is 0.223. The van der Waals surface area contributed by atoms with Crippen LogP contribution < -0.4 is 0 Å². The van der Waals surface area contributed by atoms with Crippen molar-refractivity contribution < 1.29 is 8.42 Å². The van der Waals surface area contributed by atoms with E-state index in [1.165, 1.54) is 10.6 Å². The summed E-state index contributed by atoms with van der Waals surface area (Å²) in [5.74, 6) is 0. The van der Waals surface area contributed by atoms with E-state index in [9.17, 15) is 8.42 Å². The highest BCUT2D eigenvalue weighted by Crippen LogP contribution is 2.03. The minimum absolute atomic E-state index is 0. The zero-order valence-corrected chi connectivity index (χ0v) is 7.76. The van der Waals surface area contributed by atoms with Crippen molar-refractivity contribution in [1.82, 2.24) is 9.21 Å². The molecule has 0 aromatic heterocycles. The molecule has 0 spiro atoms. The summed E-state index contributed by atoms with van der Waals surface area (Å²) >= 11 is 0. The summed E-state index contributed by atoms with van der Waals surface area (Å²) < 4.78 is 23.5. The zero-order chi connectivity index (χ0) is 8.48. The first kappa shape index (κ1) is 11.9. The molecule has 1 aliphatic heterocycles. The van der Waals surface area contributed by atoms with Crippen molar-refractivity contribution in [3.8, 4) is 0 Å². The van der Waals surface area contributed by atoms with Gasteiger partial charge in [0.1, 0.15) is 0 Å². The fourth-order valence-corrected chi connectivity index (χ4v) is 1.95. The summed E-state index contributed by atoms with van der Waals surface area (Å²) in [4.78, 5) is 2.13. The Morgan fingerprint density at radius 1 is 1.08 bits per heavy atom. The van der Waals surface area contributed by atoms with Gasteiger partial charge < -0.3 is 4.90 Å². The molecule has 12 heavy (non-hydrogen) atoms. The minimum Gasteiger partial charge on any atom is -0.304 e. The Balaban J connectivity index is 0.00000121. The van der Waals surface area contributed by atoms with Gasteiger partial charge in [-0.05, 0) is 7.05 Å². The van der Waals surface area contributed by atoms with Gasteiger partial charge in [-0.3, -0.25) is 0 Å². The smallest absolute Gasteiger partial charge is 0.211 e. The summed E-state index contributed by atoms with van der Waals surface area (Å²) in [7, 11) is -0.943. The Hall–Kier alpha value is -0.130. The van der Waals surface area contributed by atoms with E-state index in [0.29, 0.717) is 13.1 Å². The van der Waals surface area contributed by atoms with E-state index in [1.807, 2.05) is 7.05 Å². The summed E-state index contributed by atoms with van der Waals surface area (Å²) in [5, 5.41) is 0. The largest absolute Gasteiger partial charge is 0.304 e. The highest BCUT2D eigenvalue weighted by Gasteiger charge is 2.20. The Bertz CT molecular complexity index is 218. The maximum atomic E-state index is 11.0. The van der Waals surface area contributed by atoms with E-state index in [1.54, 1.807) is 0 Å². The van der Waals surface area contributed by atoms with Crippen LogP contribution in [0.4, 0.5) is 0 Å². The highest BCUT2D eigenvalue weighted by atomic mass is 32.2. The van der Waals surface area contributed by atoms with Crippen LogP contribution in [-0.2, 0) is 10.0 Å². The fourth-order valence-electron chi connectivity index (χ4n) is 1.12. The molecule has 0 atom stereocenters. The number of nitrogens with zero attached hydrogens (tertiary/aromatic N) is 2. The molecule has 1 fully saturated rings. The van der Waals surface area contributed by atoms with Crippen molar-refractivity contribution in [2.45, 2.75) is 7.43 Å². The molecule has 0 aromatic carbocycles. The lowest BCUT2D eigenvalue weighted by Gasteiger charge is -2.30. The average Bonchev–Trinajstić information content (AvgIpc) is 1.86. The molecule has 0 bridgehead atoms. The summed E-state index contributed by atoms with van der Waals surface area (Å²) in [6.45, 7) is 2.95. The molecule has 0 amide bonds. The van der Waals surface area contributed by atoms with Crippen molar-refractivity contribution >= 4 is 10.0 Å². The van der Waals surface area contributed by atoms with Crippen LogP contribution in [0.1, 0.15) is 7.43 Å². The molecule has 0 radical (unpaired) electrons. The topological polar surface area (TPSA) is 40.6 Å². The Labute approximate surface area is 75.2 Å². The summed E-state index contributed by atoms with van der Waals surface area (Å²) in [6, 6.07) is 0. The average molecular weight is 194 g/mol. The van der Waals surface area contributed by atoms with Crippen LogP contribution in [0.25, 0.3) is 0 Å². The second kappa shape index (κ2) is 4.20. The summed E-state index contributed by atoms with van der Waals surface area (Å²) in [5.41, 5.74) is 0. The molecule has 74 valence electrons. The van der Waals surface area contributed by atoms with Gasteiger partial charge in [-0.1, -0.05) is 7.43 Å². The van der Waals surface area contributed by atoms with Crippen LogP contribution in [0.2, 0.25) is 0 Å². The number of sulfonamides is 1. The van der Waals surface area contributed by atoms with Crippen LogP contribution in [0.3, 0.4) is 0 Å². The second-order valence-electron chi connectivity index (χ2n) is 2.97. The molecule has 0 N–H and O–H groups in total. The quantitative estimate of drug-likeness (QED) is 0.582. The normalized spacial score (nSPS) is 21.8. The SMILES string of the molecule is C.CN1CCN(S(C)(=O)=O)CC1. The molecular weight excluding hydrogens is 176 g/mol. The van der Waals surface area contributed by atoms with E-state index >= 15 is 0 Å². The molecule has 1 heterocycles. The number of likely N-dealkylation sites (N-methyl/N-ethyl adjacent to an activating group) is 1. The number of hydrogen-bond acceptors (Lipinski definition) is 3. The van der Waals surface area contributed by atoms with Gasteiger partial charge in [-0.15, -0.1) is 0 Å². The van der Waals surface area contributed by atoms with Crippen molar-refractivity contribution in [2.75, 3.05) is 39.5 Å². The first-order chi connectivity index (χ1) is 5.00. The van der Waals surface area contributed by atoms with Crippen molar-refractivity contribution in [2.24, 2.45) is 0 Å². The lowest BCUT2D eigenvalue weighted by atomic mass is 10.4. The number of hydrogen-bond donors (Lipinski definition) is 0. The molecule has 4 nitrogen and oxygen atoms in total. The molecule has 0 unspecified atom stereocenters. The van der Waals surface area contributed by atoms with E-state index in [0.717, 1.165) is 13.1 Å². The number of piperazine rings is 1. The van der Waals surface area contributed by atoms with Gasteiger partial charge >= 0.3 is 0 Å². The van der Waals surface area contributed by atoms with Crippen molar-refractivity contribution in [3.05, 3.63) is 0 Å². The van der Waals surface area contributed by atoms with Crippen molar-refractivity contribution in [1.29, 1.82) is 0 Å². The molecule has 1 saturated heterocycles. The van der Waals surface area contributed by atoms with Gasteiger partial charge in [0, 0.05) is 26.2 Å². The van der Waals surface area contributed by atoms with E-state index in [2.05, 4.69) is 4.90 Å². The standard InChI is InChI=1S/C6H14N2O2S.CH4/c1-7-3-5-8(6-4-7)11(2,9)10;/h3-6H2,1-2H3;1H4. The fraction of sp³-hybridized carbons (Fsp3) is 1.00. The second-order valence-corrected chi connectivity index (χ2v) is 4.95. The van der Waals surface area contributed by atoms with Crippen LogP contribution in [0.15, 0.2) is 0 Å². The molecular formula is C7H18N2O2S. The van der Waals surface area contributed by atoms with E-state index in [-0.39, 0.29) is 7.43 Å². The molecule has 1 aliphatic rings.